The molecule has 2 N–H and O–H groups in total. The molecule has 1 amide bonds. The smallest absolute Gasteiger partial charge is 0.220 e. The molecule has 1 aliphatic rings. The second-order valence-corrected chi connectivity index (χ2v) is 6.11. The third kappa shape index (κ3) is 4.16. The number of hydrogen-bond donors (Lipinski definition) is 2. The molecule has 0 saturated carbocycles. The van der Waals surface area contributed by atoms with E-state index in [0.29, 0.717) is 12.3 Å². The highest BCUT2D eigenvalue weighted by molar-refractivity contribution is 5.76. The molecule has 0 radical (unpaired) electrons. The van der Waals surface area contributed by atoms with Crippen molar-refractivity contribution in [2.75, 3.05) is 13.1 Å². The first kappa shape index (κ1) is 15.7. The van der Waals surface area contributed by atoms with Gasteiger partial charge in [-0.15, -0.1) is 5.10 Å². The fourth-order valence-corrected chi connectivity index (χ4v) is 2.87. The van der Waals surface area contributed by atoms with Crippen molar-refractivity contribution in [1.82, 2.24) is 25.6 Å². The lowest BCUT2D eigenvalue weighted by Gasteiger charge is -2.12. The molecular formula is C17H23N5O. The SMILES string of the molecule is CC(NC(=O)CCC1CCNC1)c1cn(-c2ccccc2)nn1. The van der Waals surface area contributed by atoms with Crippen LogP contribution in [0.1, 0.15) is 37.9 Å². The molecule has 122 valence electrons. The van der Waals surface area contributed by atoms with Crippen molar-refractivity contribution >= 4 is 5.91 Å². The monoisotopic (exact) mass is 313 g/mol. The van der Waals surface area contributed by atoms with Crippen LogP contribution in [0.15, 0.2) is 36.5 Å². The van der Waals surface area contributed by atoms with Crippen LogP contribution in [0.3, 0.4) is 0 Å². The van der Waals surface area contributed by atoms with Crippen LogP contribution < -0.4 is 10.6 Å². The van der Waals surface area contributed by atoms with Gasteiger partial charge in [-0.25, -0.2) is 4.68 Å². The van der Waals surface area contributed by atoms with Crippen molar-refractivity contribution in [2.45, 2.75) is 32.2 Å². The van der Waals surface area contributed by atoms with Crippen molar-refractivity contribution in [2.24, 2.45) is 5.92 Å². The van der Waals surface area contributed by atoms with E-state index in [1.165, 1.54) is 6.42 Å². The van der Waals surface area contributed by atoms with E-state index in [-0.39, 0.29) is 11.9 Å². The van der Waals surface area contributed by atoms with Crippen LogP contribution in [-0.2, 0) is 4.79 Å². The van der Waals surface area contributed by atoms with Gasteiger partial charge in [-0.05, 0) is 50.9 Å². The molecule has 23 heavy (non-hydrogen) atoms. The molecule has 6 nitrogen and oxygen atoms in total. The van der Waals surface area contributed by atoms with Gasteiger partial charge in [-0.3, -0.25) is 4.79 Å². The zero-order chi connectivity index (χ0) is 16.1. The van der Waals surface area contributed by atoms with Gasteiger partial charge in [-0.1, -0.05) is 23.4 Å². The van der Waals surface area contributed by atoms with E-state index in [4.69, 9.17) is 0 Å². The number of aromatic nitrogens is 3. The van der Waals surface area contributed by atoms with Crippen LogP contribution >= 0.6 is 0 Å². The summed E-state index contributed by atoms with van der Waals surface area (Å²) in [5, 5.41) is 14.6. The predicted octanol–water partition coefficient (Wildman–Crippen LogP) is 1.83. The second-order valence-electron chi connectivity index (χ2n) is 6.11. The molecule has 2 atom stereocenters. The molecule has 2 heterocycles. The minimum Gasteiger partial charge on any atom is -0.348 e. The first-order valence-electron chi connectivity index (χ1n) is 8.20. The van der Waals surface area contributed by atoms with E-state index in [9.17, 15) is 4.79 Å². The summed E-state index contributed by atoms with van der Waals surface area (Å²) < 4.78 is 1.72. The van der Waals surface area contributed by atoms with E-state index in [2.05, 4.69) is 20.9 Å². The zero-order valence-corrected chi connectivity index (χ0v) is 13.4. The van der Waals surface area contributed by atoms with Crippen molar-refractivity contribution in [1.29, 1.82) is 0 Å². The van der Waals surface area contributed by atoms with Gasteiger partial charge in [0.1, 0.15) is 5.69 Å². The van der Waals surface area contributed by atoms with Crippen molar-refractivity contribution in [3.05, 3.63) is 42.2 Å². The molecule has 0 aliphatic carbocycles. The molecule has 1 aliphatic heterocycles. The molecule has 2 unspecified atom stereocenters. The van der Waals surface area contributed by atoms with Crippen LogP contribution in [-0.4, -0.2) is 34.0 Å². The fraction of sp³-hybridized carbons (Fsp3) is 0.471. The van der Waals surface area contributed by atoms with Gasteiger partial charge in [-0.2, -0.15) is 0 Å². The highest BCUT2D eigenvalue weighted by Gasteiger charge is 2.18. The average molecular weight is 313 g/mol. The number of amides is 1. The van der Waals surface area contributed by atoms with Gasteiger partial charge in [0.15, 0.2) is 0 Å². The summed E-state index contributed by atoms with van der Waals surface area (Å²) in [4.78, 5) is 12.1. The number of carbonyl (C=O) groups excluding carboxylic acids is 1. The number of carbonyl (C=O) groups is 1. The van der Waals surface area contributed by atoms with E-state index >= 15 is 0 Å². The largest absolute Gasteiger partial charge is 0.348 e. The van der Waals surface area contributed by atoms with Crippen LogP contribution in [0.2, 0.25) is 0 Å². The molecule has 0 spiro atoms. The first-order chi connectivity index (χ1) is 11.2. The molecule has 1 aromatic carbocycles. The lowest BCUT2D eigenvalue weighted by Crippen LogP contribution is -2.27. The molecule has 6 heteroatoms. The molecule has 2 aromatic rings. The maximum Gasteiger partial charge on any atom is 0.220 e. The van der Waals surface area contributed by atoms with Gasteiger partial charge in [0.05, 0.1) is 17.9 Å². The van der Waals surface area contributed by atoms with Crippen LogP contribution in [0.5, 0.6) is 0 Å². The van der Waals surface area contributed by atoms with Crippen LogP contribution in [0, 0.1) is 5.92 Å². The minimum atomic E-state index is -0.137. The van der Waals surface area contributed by atoms with E-state index < -0.39 is 0 Å². The summed E-state index contributed by atoms with van der Waals surface area (Å²) in [5.41, 5.74) is 1.73. The third-order valence-electron chi connectivity index (χ3n) is 4.30. The molecule has 3 rings (SSSR count). The Labute approximate surface area is 136 Å². The Balaban J connectivity index is 1.52. The van der Waals surface area contributed by atoms with Gasteiger partial charge in [0.2, 0.25) is 5.91 Å². The maximum atomic E-state index is 12.1. The Kier molecular flexibility index (Phi) is 5.02. The van der Waals surface area contributed by atoms with Crippen molar-refractivity contribution in [3.63, 3.8) is 0 Å². The number of rotatable bonds is 6. The number of nitrogens with one attached hydrogen (secondary N) is 2. The molecule has 1 fully saturated rings. The lowest BCUT2D eigenvalue weighted by molar-refractivity contribution is -0.122. The maximum absolute atomic E-state index is 12.1. The quantitative estimate of drug-likeness (QED) is 0.853. The first-order valence-corrected chi connectivity index (χ1v) is 8.20. The molecule has 0 bridgehead atoms. The number of hydrogen-bond acceptors (Lipinski definition) is 4. The normalized spacial score (nSPS) is 18.7. The minimum absolute atomic E-state index is 0.0821. The average Bonchev–Trinajstić information content (AvgIpc) is 3.25. The summed E-state index contributed by atoms with van der Waals surface area (Å²) >= 11 is 0. The Bertz CT molecular complexity index is 633. The van der Waals surface area contributed by atoms with E-state index in [0.717, 1.165) is 30.9 Å². The Hall–Kier alpha value is -2.21. The lowest BCUT2D eigenvalue weighted by atomic mass is 10.0. The third-order valence-corrected chi connectivity index (χ3v) is 4.30. The molecule has 1 aromatic heterocycles. The number of benzene rings is 1. The van der Waals surface area contributed by atoms with Gasteiger partial charge < -0.3 is 10.6 Å². The Morgan fingerprint density at radius 1 is 1.43 bits per heavy atom. The van der Waals surface area contributed by atoms with Crippen molar-refractivity contribution < 1.29 is 4.79 Å². The Morgan fingerprint density at radius 2 is 2.26 bits per heavy atom. The zero-order valence-electron chi connectivity index (χ0n) is 13.4. The summed E-state index contributed by atoms with van der Waals surface area (Å²) in [6.45, 7) is 4.05. The van der Waals surface area contributed by atoms with Gasteiger partial charge >= 0.3 is 0 Å². The van der Waals surface area contributed by atoms with Gasteiger partial charge in [0.25, 0.3) is 0 Å². The van der Waals surface area contributed by atoms with Crippen LogP contribution in [0.4, 0.5) is 0 Å². The fourth-order valence-electron chi connectivity index (χ4n) is 2.87. The van der Waals surface area contributed by atoms with E-state index in [1.807, 2.05) is 43.5 Å². The highest BCUT2D eigenvalue weighted by Crippen LogP contribution is 2.16. The predicted molar refractivity (Wildman–Crippen MR) is 88.1 cm³/mol. The van der Waals surface area contributed by atoms with Crippen molar-refractivity contribution in [3.8, 4) is 5.69 Å². The highest BCUT2D eigenvalue weighted by atomic mass is 16.1. The van der Waals surface area contributed by atoms with Gasteiger partial charge in [0, 0.05) is 6.42 Å². The second kappa shape index (κ2) is 7.37. The Morgan fingerprint density at radius 3 is 3.00 bits per heavy atom. The topological polar surface area (TPSA) is 71.8 Å². The summed E-state index contributed by atoms with van der Waals surface area (Å²) in [6.07, 6.45) is 4.56. The molecule has 1 saturated heterocycles. The van der Waals surface area contributed by atoms with Crippen LogP contribution in [0.25, 0.3) is 5.69 Å². The summed E-state index contributed by atoms with van der Waals surface area (Å²) in [7, 11) is 0. The number of para-hydroxylation sites is 1. The standard InChI is InChI=1S/C17H23N5O/c1-13(19-17(23)8-7-14-9-10-18-11-14)16-12-22(21-20-16)15-5-3-2-4-6-15/h2-6,12-14,18H,7-11H2,1H3,(H,19,23). The van der Waals surface area contributed by atoms with E-state index in [1.54, 1.807) is 4.68 Å². The molecular weight excluding hydrogens is 290 g/mol. The summed E-state index contributed by atoms with van der Waals surface area (Å²) in [6, 6.07) is 9.68. The summed E-state index contributed by atoms with van der Waals surface area (Å²) in [5.74, 6) is 0.716. The number of nitrogens with zero attached hydrogens (tertiary/aromatic N) is 3.